The van der Waals surface area contributed by atoms with E-state index < -0.39 is 0 Å². The Morgan fingerprint density at radius 1 is 1.24 bits per heavy atom. The molecule has 0 amide bonds. The zero-order valence-electron chi connectivity index (χ0n) is 10.8. The summed E-state index contributed by atoms with van der Waals surface area (Å²) in [7, 11) is -0.336. The summed E-state index contributed by atoms with van der Waals surface area (Å²) in [6.07, 6.45) is 9.63. The average Bonchev–Trinajstić information content (AvgIpc) is 2.40. The van der Waals surface area contributed by atoms with E-state index in [1.807, 2.05) is 0 Å². The summed E-state index contributed by atoms with van der Waals surface area (Å²) >= 11 is 0. The molecular formula is C16H22Si. The molecule has 0 nitrogen and oxygen atoms in total. The van der Waals surface area contributed by atoms with E-state index in [1.165, 1.54) is 24.8 Å². The molecule has 90 valence electrons. The minimum Gasteiger partial charge on any atom is -0.115 e. The lowest BCUT2D eigenvalue weighted by Gasteiger charge is -2.27. The van der Waals surface area contributed by atoms with Crippen LogP contribution in [0.4, 0.5) is 0 Å². The van der Waals surface area contributed by atoms with E-state index in [0.717, 1.165) is 11.5 Å². The highest BCUT2D eigenvalue weighted by atomic mass is 28.3. The molecule has 0 unspecified atom stereocenters. The minimum atomic E-state index is -0.336. The van der Waals surface area contributed by atoms with Gasteiger partial charge in [0.05, 0.1) is 0 Å². The summed E-state index contributed by atoms with van der Waals surface area (Å²) in [5.41, 5.74) is 2.51. The molecule has 1 aliphatic heterocycles. The monoisotopic (exact) mass is 242 g/mol. The van der Waals surface area contributed by atoms with E-state index in [2.05, 4.69) is 37.1 Å². The van der Waals surface area contributed by atoms with E-state index in [0.29, 0.717) is 0 Å². The lowest BCUT2D eigenvalue weighted by Crippen LogP contribution is -2.19. The van der Waals surface area contributed by atoms with Crippen LogP contribution in [0.5, 0.6) is 0 Å². The number of benzene rings is 1. The summed E-state index contributed by atoms with van der Waals surface area (Å²) < 4.78 is 0. The van der Waals surface area contributed by atoms with Crippen LogP contribution in [0.25, 0.3) is 0 Å². The van der Waals surface area contributed by atoms with Crippen molar-refractivity contribution in [3.05, 3.63) is 35.4 Å². The van der Waals surface area contributed by atoms with Crippen LogP contribution in [-0.2, 0) is 0 Å². The van der Waals surface area contributed by atoms with Crippen molar-refractivity contribution >= 4 is 8.80 Å². The lowest BCUT2D eigenvalue weighted by atomic mass is 9.93. The molecule has 1 aliphatic rings. The van der Waals surface area contributed by atoms with E-state index in [1.54, 1.807) is 18.1 Å². The van der Waals surface area contributed by atoms with Gasteiger partial charge in [-0.1, -0.05) is 49.5 Å². The Labute approximate surface area is 107 Å². The molecule has 0 spiro atoms. The van der Waals surface area contributed by atoms with Gasteiger partial charge in [-0.2, -0.15) is 0 Å². The molecule has 1 heterocycles. The zero-order chi connectivity index (χ0) is 12.1. The highest BCUT2D eigenvalue weighted by Crippen LogP contribution is 2.34. The first-order valence-corrected chi connectivity index (χ1v) is 9.35. The van der Waals surface area contributed by atoms with Gasteiger partial charge >= 0.3 is 0 Å². The molecule has 0 aliphatic carbocycles. The Bertz CT molecular complexity index is 377. The van der Waals surface area contributed by atoms with Gasteiger partial charge in [-0.3, -0.25) is 0 Å². The van der Waals surface area contributed by atoms with Crippen molar-refractivity contribution in [1.82, 2.24) is 0 Å². The van der Waals surface area contributed by atoms with Gasteiger partial charge in [0.2, 0.25) is 0 Å². The normalized spacial score (nSPS) is 24.2. The van der Waals surface area contributed by atoms with Gasteiger partial charge in [-0.05, 0) is 36.5 Å². The predicted octanol–water partition coefficient (Wildman–Crippen LogP) is 4.18. The lowest BCUT2D eigenvalue weighted by molar-refractivity contribution is 0.606. The highest BCUT2D eigenvalue weighted by molar-refractivity contribution is 6.59. The van der Waals surface area contributed by atoms with Crippen molar-refractivity contribution in [2.24, 2.45) is 0 Å². The molecule has 1 saturated heterocycles. The smallest absolute Gasteiger partial charge is 0.0368 e. The number of terminal acetylenes is 1. The first kappa shape index (κ1) is 12.5. The Morgan fingerprint density at radius 3 is 2.41 bits per heavy atom. The molecule has 0 saturated carbocycles. The summed E-state index contributed by atoms with van der Waals surface area (Å²) in [6.45, 7) is 2.33. The minimum absolute atomic E-state index is 0.336. The Morgan fingerprint density at radius 2 is 1.88 bits per heavy atom. The second-order valence-electron chi connectivity index (χ2n) is 5.27. The molecule has 1 heteroatoms. The maximum absolute atomic E-state index is 5.39. The highest BCUT2D eigenvalue weighted by Gasteiger charge is 2.22. The maximum atomic E-state index is 5.39. The molecule has 17 heavy (non-hydrogen) atoms. The largest absolute Gasteiger partial charge is 0.115 e. The number of hydrogen-bond acceptors (Lipinski definition) is 0. The molecule has 1 aromatic rings. The van der Waals surface area contributed by atoms with Gasteiger partial charge in [0.15, 0.2) is 0 Å². The van der Waals surface area contributed by atoms with E-state index in [9.17, 15) is 0 Å². The third-order valence-corrected chi connectivity index (χ3v) is 7.79. The van der Waals surface area contributed by atoms with Gasteiger partial charge in [0.1, 0.15) is 0 Å². The first-order chi connectivity index (χ1) is 8.33. The SMILES string of the molecule is C#Cc1ccc(C2CC[SiH](CCC)CC2)cc1. The predicted molar refractivity (Wildman–Crippen MR) is 78.2 cm³/mol. The van der Waals surface area contributed by atoms with Gasteiger partial charge in [0.25, 0.3) is 0 Å². The molecule has 1 aromatic carbocycles. The fourth-order valence-corrected chi connectivity index (χ4v) is 6.47. The molecule has 0 radical (unpaired) electrons. The van der Waals surface area contributed by atoms with Crippen molar-refractivity contribution < 1.29 is 0 Å². The Balaban J connectivity index is 1.94. The van der Waals surface area contributed by atoms with Crippen LogP contribution in [-0.4, -0.2) is 8.80 Å². The average molecular weight is 242 g/mol. The molecule has 0 N–H and O–H groups in total. The van der Waals surface area contributed by atoms with Crippen LogP contribution >= 0.6 is 0 Å². The fraction of sp³-hybridized carbons (Fsp3) is 0.500. The maximum Gasteiger partial charge on any atom is 0.0368 e. The van der Waals surface area contributed by atoms with Crippen LogP contribution in [0.1, 0.15) is 43.2 Å². The molecule has 2 rings (SSSR count). The van der Waals surface area contributed by atoms with Crippen molar-refractivity contribution in [2.45, 2.75) is 50.2 Å². The Kier molecular flexibility index (Phi) is 4.45. The third kappa shape index (κ3) is 3.23. The molecule has 1 fully saturated rings. The quantitative estimate of drug-likeness (QED) is 0.551. The van der Waals surface area contributed by atoms with Crippen LogP contribution in [0.3, 0.4) is 0 Å². The number of hydrogen-bond donors (Lipinski definition) is 0. The molecular weight excluding hydrogens is 220 g/mol. The summed E-state index contributed by atoms with van der Waals surface area (Å²) in [4.78, 5) is 0. The van der Waals surface area contributed by atoms with E-state index >= 15 is 0 Å². The van der Waals surface area contributed by atoms with Gasteiger partial charge in [0, 0.05) is 14.4 Å². The summed E-state index contributed by atoms with van der Waals surface area (Å²) in [6, 6.07) is 13.3. The van der Waals surface area contributed by atoms with Crippen LogP contribution < -0.4 is 0 Å². The van der Waals surface area contributed by atoms with Crippen molar-refractivity contribution in [2.75, 3.05) is 0 Å². The van der Waals surface area contributed by atoms with Gasteiger partial charge in [-0.15, -0.1) is 6.42 Å². The second kappa shape index (κ2) is 6.07. The standard InChI is InChI=1S/C16H22Si/c1-3-11-17-12-9-16(10-13-17)15-7-5-14(4-2)6-8-15/h2,5-8,16-17H,3,9-13H2,1H3. The van der Waals surface area contributed by atoms with Crippen LogP contribution in [0, 0.1) is 12.3 Å². The van der Waals surface area contributed by atoms with E-state index in [4.69, 9.17) is 6.42 Å². The van der Waals surface area contributed by atoms with Crippen molar-refractivity contribution in [3.8, 4) is 12.3 Å². The van der Waals surface area contributed by atoms with E-state index in [-0.39, 0.29) is 8.80 Å². The topological polar surface area (TPSA) is 0 Å². The molecule has 0 aromatic heterocycles. The first-order valence-electron chi connectivity index (χ1n) is 6.90. The zero-order valence-corrected chi connectivity index (χ0v) is 11.9. The van der Waals surface area contributed by atoms with Crippen LogP contribution in [0.15, 0.2) is 24.3 Å². The molecule has 0 atom stereocenters. The third-order valence-electron chi connectivity index (χ3n) is 4.09. The second-order valence-corrected chi connectivity index (χ2v) is 8.74. The van der Waals surface area contributed by atoms with Crippen molar-refractivity contribution in [3.63, 3.8) is 0 Å². The van der Waals surface area contributed by atoms with Gasteiger partial charge in [-0.25, -0.2) is 0 Å². The summed E-state index contributed by atoms with van der Waals surface area (Å²) in [5, 5.41) is 0. The number of rotatable bonds is 3. The Hall–Kier alpha value is -1.00. The van der Waals surface area contributed by atoms with Crippen LogP contribution in [0.2, 0.25) is 18.1 Å². The summed E-state index contributed by atoms with van der Waals surface area (Å²) in [5.74, 6) is 3.50. The van der Waals surface area contributed by atoms with Gasteiger partial charge < -0.3 is 0 Å². The fourth-order valence-electron chi connectivity index (χ4n) is 3.04. The van der Waals surface area contributed by atoms with Crippen molar-refractivity contribution in [1.29, 1.82) is 0 Å². The molecule has 0 bridgehead atoms.